The number of halogens is 3. The highest BCUT2D eigenvalue weighted by Gasteiger charge is 2.31. The minimum Gasteiger partial charge on any atom is -0.481 e. The van der Waals surface area contributed by atoms with Gasteiger partial charge in [-0.3, -0.25) is 0 Å². The number of hydrogen-bond acceptors (Lipinski definition) is 4. The van der Waals surface area contributed by atoms with E-state index >= 15 is 0 Å². The van der Waals surface area contributed by atoms with Crippen molar-refractivity contribution in [2.75, 3.05) is 7.11 Å². The highest BCUT2D eigenvalue weighted by molar-refractivity contribution is 5.98. The molecular formula is C23H19F3N2O3. The topological polar surface area (TPSA) is 56.5 Å². The monoisotopic (exact) mass is 428 g/mol. The smallest absolute Gasteiger partial charge is 0.481 e. The van der Waals surface area contributed by atoms with E-state index in [9.17, 15) is 18.3 Å². The molecule has 0 saturated heterocycles. The maximum atomic E-state index is 12.8. The molecule has 2 aromatic heterocycles. The summed E-state index contributed by atoms with van der Waals surface area (Å²) in [5, 5.41) is 10.9. The number of ether oxygens (including phenoxy) is 2. The average Bonchev–Trinajstić information content (AvgIpc) is 3.06. The molecule has 0 atom stereocenters. The lowest BCUT2D eigenvalue weighted by atomic mass is 10.0. The van der Waals surface area contributed by atoms with E-state index < -0.39 is 6.36 Å². The third-order valence-electron chi connectivity index (χ3n) is 4.94. The molecule has 0 fully saturated rings. The molecule has 0 aliphatic rings. The van der Waals surface area contributed by atoms with Gasteiger partial charge in [0.15, 0.2) is 0 Å². The Kier molecular flexibility index (Phi) is 5.56. The van der Waals surface area contributed by atoms with Gasteiger partial charge in [-0.1, -0.05) is 30.3 Å². The summed E-state index contributed by atoms with van der Waals surface area (Å²) in [5.74, 6) is 0.110. The molecule has 8 heteroatoms. The molecule has 0 spiro atoms. The summed E-state index contributed by atoms with van der Waals surface area (Å²) in [6.07, 6.45) is -3.19. The predicted octanol–water partition coefficient (Wildman–Crippen LogP) is 5.15. The van der Waals surface area contributed by atoms with Gasteiger partial charge in [-0.05, 0) is 23.8 Å². The van der Waals surface area contributed by atoms with Crippen LogP contribution in [0.15, 0.2) is 66.9 Å². The van der Waals surface area contributed by atoms with Crippen molar-refractivity contribution in [3.05, 3.63) is 78.1 Å². The van der Waals surface area contributed by atoms with Gasteiger partial charge < -0.3 is 19.1 Å². The first-order valence-corrected chi connectivity index (χ1v) is 9.45. The second kappa shape index (κ2) is 8.31. The summed E-state index contributed by atoms with van der Waals surface area (Å²) in [6, 6.07) is 17.1. The summed E-state index contributed by atoms with van der Waals surface area (Å²) in [5.41, 5.74) is 3.43. The zero-order valence-electron chi connectivity index (χ0n) is 16.6. The first-order chi connectivity index (χ1) is 14.9. The van der Waals surface area contributed by atoms with Crippen LogP contribution in [0.4, 0.5) is 13.2 Å². The van der Waals surface area contributed by atoms with Crippen molar-refractivity contribution >= 4 is 10.9 Å². The molecule has 4 aromatic rings. The number of fused-ring (bicyclic) bond motifs is 1. The first kappa shape index (κ1) is 20.7. The van der Waals surface area contributed by atoms with Crippen LogP contribution >= 0.6 is 0 Å². The van der Waals surface area contributed by atoms with Crippen molar-refractivity contribution in [2.45, 2.75) is 19.5 Å². The number of methoxy groups -OCH3 is 1. The standard InChI is InChI=1S/C23H19F3N2O3/c1-30-21-10-7-16(12-27-21)22-18-9-8-17(31-23(24,25)26)11-19(18)28(20(22)14-29)13-15-5-3-2-4-6-15/h2-12,29H,13-14H2,1H3. The minimum absolute atomic E-state index is 0.307. The van der Waals surface area contributed by atoms with E-state index in [1.807, 2.05) is 30.3 Å². The van der Waals surface area contributed by atoms with Crippen molar-refractivity contribution in [3.63, 3.8) is 0 Å². The molecule has 2 aromatic carbocycles. The third-order valence-corrected chi connectivity index (χ3v) is 4.94. The summed E-state index contributed by atoms with van der Waals surface area (Å²) in [7, 11) is 1.51. The van der Waals surface area contributed by atoms with Crippen molar-refractivity contribution in [1.82, 2.24) is 9.55 Å². The van der Waals surface area contributed by atoms with Crippen LogP contribution in [0.25, 0.3) is 22.0 Å². The van der Waals surface area contributed by atoms with Gasteiger partial charge in [-0.15, -0.1) is 13.2 Å². The van der Waals surface area contributed by atoms with Crippen LogP contribution in [-0.2, 0) is 13.2 Å². The van der Waals surface area contributed by atoms with Gasteiger partial charge in [-0.25, -0.2) is 4.98 Å². The van der Waals surface area contributed by atoms with Crippen LogP contribution in [0, 0.1) is 0 Å². The van der Waals surface area contributed by atoms with Crippen molar-refractivity contribution in [2.24, 2.45) is 0 Å². The Labute approximate surface area is 176 Å². The number of nitrogens with zero attached hydrogens (tertiary/aromatic N) is 2. The molecule has 31 heavy (non-hydrogen) atoms. The molecule has 1 N–H and O–H groups in total. The maximum Gasteiger partial charge on any atom is 0.573 e. The van der Waals surface area contributed by atoms with E-state index in [4.69, 9.17) is 4.74 Å². The normalized spacial score (nSPS) is 11.6. The number of hydrogen-bond donors (Lipinski definition) is 1. The number of pyridine rings is 1. The molecular weight excluding hydrogens is 409 g/mol. The SMILES string of the molecule is COc1ccc(-c2c(CO)n(Cc3ccccc3)c3cc(OC(F)(F)F)ccc23)cn1. The van der Waals surface area contributed by atoms with Gasteiger partial charge in [0.05, 0.1) is 24.9 Å². The number of benzene rings is 2. The second-order valence-electron chi connectivity index (χ2n) is 6.87. The van der Waals surface area contributed by atoms with E-state index in [2.05, 4.69) is 9.72 Å². The van der Waals surface area contributed by atoms with Crippen molar-refractivity contribution < 1.29 is 27.8 Å². The van der Waals surface area contributed by atoms with Gasteiger partial charge in [0.2, 0.25) is 5.88 Å². The van der Waals surface area contributed by atoms with E-state index in [0.29, 0.717) is 40.1 Å². The van der Waals surface area contributed by atoms with Crippen LogP contribution < -0.4 is 9.47 Å². The van der Waals surface area contributed by atoms with Crippen molar-refractivity contribution in [1.29, 1.82) is 0 Å². The van der Waals surface area contributed by atoms with Crippen LogP contribution in [0.3, 0.4) is 0 Å². The van der Waals surface area contributed by atoms with Gasteiger partial charge >= 0.3 is 6.36 Å². The van der Waals surface area contributed by atoms with Gasteiger partial charge in [0.1, 0.15) is 5.75 Å². The fraction of sp³-hybridized carbons (Fsp3) is 0.174. The molecule has 0 aliphatic carbocycles. The zero-order valence-corrected chi connectivity index (χ0v) is 16.6. The van der Waals surface area contributed by atoms with E-state index in [-0.39, 0.29) is 12.4 Å². The van der Waals surface area contributed by atoms with Gasteiger partial charge in [0, 0.05) is 41.4 Å². The zero-order chi connectivity index (χ0) is 22.0. The van der Waals surface area contributed by atoms with E-state index in [1.165, 1.54) is 19.2 Å². The molecule has 5 nitrogen and oxygen atoms in total. The Morgan fingerprint density at radius 1 is 1.03 bits per heavy atom. The molecule has 160 valence electrons. The highest BCUT2D eigenvalue weighted by atomic mass is 19.4. The van der Waals surface area contributed by atoms with E-state index in [0.717, 1.165) is 5.56 Å². The fourth-order valence-electron chi connectivity index (χ4n) is 3.66. The Bertz CT molecular complexity index is 1190. The molecule has 0 bridgehead atoms. The maximum absolute atomic E-state index is 12.8. The first-order valence-electron chi connectivity index (χ1n) is 9.45. The third kappa shape index (κ3) is 4.34. The summed E-state index contributed by atoms with van der Waals surface area (Å²) >= 11 is 0. The Hall–Kier alpha value is -3.52. The summed E-state index contributed by atoms with van der Waals surface area (Å²) in [6.45, 7) is 0.0601. The summed E-state index contributed by atoms with van der Waals surface area (Å²) < 4.78 is 49.4. The number of rotatable bonds is 6. The lowest BCUT2D eigenvalue weighted by Gasteiger charge is -2.12. The molecule has 0 aliphatic heterocycles. The quantitative estimate of drug-likeness (QED) is 0.461. The number of alkyl halides is 3. The summed E-state index contributed by atoms with van der Waals surface area (Å²) in [4.78, 5) is 4.23. The minimum atomic E-state index is -4.80. The van der Waals surface area contributed by atoms with Crippen molar-refractivity contribution in [3.8, 4) is 22.8 Å². The van der Waals surface area contributed by atoms with E-state index in [1.54, 1.807) is 29.0 Å². The highest BCUT2D eigenvalue weighted by Crippen LogP contribution is 2.38. The van der Waals surface area contributed by atoms with Crippen LogP contribution in [-0.4, -0.2) is 28.1 Å². The number of aliphatic hydroxyl groups excluding tert-OH is 1. The molecule has 0 amide bonds. The molecule has 0 saturated carbocycles. The van der Waals surface area contributed by atoms with Crippen LogP contribution in [0.1, 0.15) is 11.3 Å². The number of aromatic nitrogens is 2. The second-order valence-corrected chi connectivity index (χ2v) is 6.87. The predicted molar refractivity (Wildman–Crippen MR) is 110 cm³/mol. The molecule has 4 rings (SSSR count). The van der Waals surface area contributed by atoms with Crippen LogP contribution in [0.5, 0.6) is 11.6 Å². The largest absolute Gasteiger partial charge is 0.573 e. The molecule has 0 unspecified atom stereocenters. The lowest BCUT2D eigenvalue weighted by Crippen LogP contribution is -2.17. The Morgan fingerprint density at radius 3 is 2.42 bits per heavy atom. The molecule has 0 radical (unpaired) electrons. The molecule has 2 heterocycles. The Balaban J connectivity index is 1.93. The Morgan fingerprint density at radius 2 is 1.81 bits per heavy atom. The number of aliphatic hydroxyl groups is 1. The fourth-order valence-corrected chi connectivity index (χ4v) is 3.66. The van der Waals surface area contributed by atoms with Gasteiger partial charge in [-0.2, -0.15) is 0 Å². The lowest BCUT2D eigenvalue weighted by molar-refractivity contribution is -0.274. The van der Waals surface area contributed by atoms with Crippen LogP contribution in [0.2, 0.25) is 0 Å². The van der Waals surface area contributed by atoms with Gasteiger partial charge in [0.25, 0.3) is 0 Å². The average molecular weight is 428 g/mol.